The van der Waals surface area contributed by atoms with Gasteiger partial charge in [0, 0.05) is 4.47 Å². The lowest BCUT2D eigenvalue weighted by atomic mass is 10.1. The number of nitrogens with two attached hydrogens (primary N) is 1. The average molecular weight is 270 g/mol. The quantitative estimate of drug-likeness (QED) is 0.796. The van der Waals surface area contributed by atoms with Crippen LogP contribution >= 0.6 is 15.9 Å². The molecule has 0 spiro atoms. The molecule has 1 rings (SSSR count). The minimum atomic E-state index is -4.46. The fraction of sp³-hybridized carbons (Fsp3) is 0.250. The van der Waals surface area contributed by atoms with Crippen LogP contribution in [0.15, 0.2) is 16.6 Å². The molecule has 0 bridgehead atoms. The minimum absolute atomic E-state index is 0.0534. The molecule has 0 aromatic heterocycles. The Balaban J connectivity index is 3.39. The summed E-state index contributed by atoms with van der Waals surface area (Å²) in [4.78, 5) is 0. The Kier molecular flexibility index (Phi) is 2.94. The average Bonchev–Trinajstić information content (AvgIpc) is 2.07. The first-order chi connectivity index (χ1) is 6.38. The van der Waals surface area contributed by atoms with Gasteiger partial charge >= 0.3 is 6.18 Å². The van der Waals surface area contributed by atoms with Gasteiger partial charge in [0.1, 0.15) is 0 Å². The summed E-state index contributed by atoms with van der Waals surface area (Å²) in [6.45, 7) is 0. The van der Waals surface area contributed by atoms with Crippen LogP contribution in [-0.2, 0) is 6.18 Å². The summed E-state index contributed by atoms with van der Waals surface area (Å²) in [6.07, 6.45) is -4.46. The van der Waals surface area contributed by atoms with Crippen LogP contribution in [0, 0.1) is 0 Å². The SMILES string of the molecule is COc1c(C(F)(F)F)ccc(Br)c1N. The van der Waals surface area contributed by atoms with Gasteiger partial charge in [0.05, 0.1) is 18.4 Å². The maximum atomic E-state index is 12.4. The van der Waals surface area contributed by atoms with Gasteiger partial charge in [0.25, 0.3) is 0 Å². The van der Waals surface area contributed by atoms with Gasteiger partial charge in [-0.15, -0.1) is 0 Å². The highest BCUT2D eigenvalue weighted by Crippen LogP contribution is 2.41. The van der Waals surface area contributed by atoms with Crippen LogP contribution in [0.5, 0.6) is 5.75 Å². The van der Waals surface area contributed by atoms with E-state index >= 15 is 0 Å². The second kappa shape index (κ2) is 3.68. The Morgan fingerprint density at radius 1 is 1.36 bits per heavy atom. The third kappa shape index (κ3) is 1.95. The highest BCUT2D eigenvalue weighted by Gasteiger charge is 2.35. The van der Waals surface area contributed by atoms with E-state index in [-0.39, 0.29) is 11.4 Å². The molecule has 0 atom stereocenters. The smallest absolute Gasteiger partial charge is 0.420 e. The molecular weight excluding hydrogens is 263 g/mol. The number of methoxy groups -OCH3 is 1. The largest absolute Gasteiger partial charge is 0.494 e. The Bertz CT molecular complexity index is 351. The van der Waals surface area contributed by atoms with Crippen molar-refractivity contribution in [2.45, 2.75) is 6.18 Å². The second-order valence-electron chi connectivity index (χ2n) is 2.54. The standard InChI is InChI=1S/C8H7BrF3NO/c1-14-7-4(8(10,11)12)2-3-5(9)6(7)13/h2-3H,13H2,1H3. The molecule has 0 fully saturated rings. The molecule has 78 valence electrons. The highest BCUT2D eigenvalue weighted by molar-refractivity contribution is 9.10. The fourth-order valence-electron chi connectivity index (χ4n) is 1.02. The normalized spacial score (nSPS) is 11.5. The van der Waals surface area contributed by atoms with Crippen molar-refractivity contribution in [2.24, 2.45) is 0 Å². The third-order valence-electron chi connectivity index (χ3n) is 1.65. The van der Waals surface area contributed by atoms with Crippen molar-refractivity contribution >= 4 is 21.6 Å². The number of hydrogen-bond acceptors (Lipinski definition) is 2. The van der Waals surface area contributed by atoms with Crippen molar-refractivity contribution in [2.75, 3.05) is 12.8 Å². The van der Waals surface area contributed by atoms with Gasteiger partial charge in [-0.2, -0.15) is 13.2 Å². The molecule has 0 unspecified atom stereocenters. The number of ether oxygens (including phenoxy) is 1. The summed E-state index contributed by atoms with van der Waals surface area (Å²) in [5.74, 6) is -0.355. The number of hydrogen-bond donors (Lipinski definition) is 1. The van der Waals surface area contributed by atoms with Gasteiger partial charge in [0.2, 0.25) is 0 Å². The summed E-state index contributed by atoms with van der Waals surface area (Å²) >= 11 is 3.02. The fourth-order valence-corrected chi connectivity index (χ4v) is 1.33. The summed E-state index contributed by atoms with van der Waals surface area (Å²) in [5, 5.41) is 0. The molecule has 1 aromatic rings. The van der Waals surface area contributed by atoms with Crippen LogP contribution in [-0.4, -0.2) is 7.11 Å². The first kappa shape index (κ1) is 11.2. The molecule has 0 saturated carbocycles. The predicted octanol–water partition coefficient (Wildman–Crippen LogP) is 3.06. The second-order valence-corrected chi connectivity index (χ2v) is 3.39. The zero-order valence-corrected chi connectivity index (χ0v) is 8.74. The van der Waals surface area contributed by atoms with Crippen LogP contribution in [0.25, 0.3) is 0 Å². The molecule has 0 amide bonds. The van der Waals surface area contributed by atoms with E-state index in [4.69, 9.17) is 5.73 Å². The van der Waals surface area contributed by atoms with Gasteiger partial charge in [-0.1, -0.05) is 0 Å². The van der Waals surface area contributed by atoms with Crippen LogP contribution in [0.1, 0.15) is 5.56 Å². The van der Waals surface area contributed by atoms with E-state index in [9.17, 15) is 13.2 Å². The molecular formula is C8H7BrF3NO. The molecule has 0 radical (unpaired) electrons. The van der Waals surface area contributed by atoms with E-state index in [1.807, 2.05) is 0 Å². The Labute approximate surface area is 87.0 Å². The van der Waals surface area contributed by atoms with E-state index in [0.717, 1.165) is 13.2 Å². The van der Waals surface area contributed by atoms with E-state index < -0.39 is 11.7 Å². The molecule has 0 aliphatic carbocycles. The van der Waals surface area contributed by atoms with Gasteiger partial charge < -0.3 is 10.5 Å². The first-order valence-corrected chi connectivity index (χ1v) is 4.36. The summed E-state index contributed by atoms with van der Waals surface area (Å²) in [7, 11) is 1.15. The Hall–Kier alpha value is -0.910. The molecule has 2 N–H and O–H groups in total. The molecule has 0 aliphatic rings. The zero-order chi connectivity index (χ0) is 10.9. The maximum absolute atomic E-state index is 12.4. The van der Waals surface area contributed by atoms with E-state index in [0.29, 0.717) is 4.47 Å². The third-order valence-corrected chi connectivity index (χ3v) is 2.34. The lowest BCUT2D eigenvalue weighted by Crippen LogP contribution is -2.09. The summed E-state index contributed by atoms with van der Waals surface area (Å²) in [6, 6.07) is 2.15. The van der Waals surface area contributed by atoms with Gasteiger partial charge in [-0.25, -0.2) is 0 Å². The van der Waals surface area contributed by atoms with Crippen molar-refractivity contribution in [1.82, 2.24) is 0 Å². The first-order valence-electron chi connectivity index (χ1n) is 3.57. The van der Waals surface area contributed by atoms with Gasteiger partial charge in [-0.3, -0.25) is 0 Å². The number of anilines is 1. The molecule has 6 heteroatoms. The molecule has 2 nitrogen and oxygen atoms in total. The number of nitrogen functional groups attached to an aromatic ring is 1. The summed E-state index contributed by atoms with van der Waals surface area (Å²) < 4.78 is 42.2. The minimum Gasteiger partial charge on any atom is -0.494 e. The topological polar surface area (TPSA) is 35.2 Å². The van der Waals surface area contributed by atoms with E-state index in [2.05, 4.69) is 20.7 Å². The van der Waals surface area contributed by atoms with Crippen molar-refractivity contribution in [3.05, 3.63) is 22.2 Å². The lowest BCUT2D eigenvalue weighted by Gasteiger charge is -2.14. The molecule has 0 heterocycles. The lowest BCUT2D eigenvalue weighted by molar-refractivity contribution is -0.138. The summed E-state index contributed by atoms with van der Waals surface area (Å²) in [5.41, 5.74) is 4.49. The van der Waals surface area contributed by atoms with Crippen molar-refractivity contribution < 1.29 is 17.9 Å². The molecule has 0 saturated heterocycles. The van der Waals surface area contributed by atoms with Gasteiger partial charge in [-0.05, 0) is 28.1 Å². The molecule has 0 aliphatic heterocycles. The highest BCUT2D eigenvalue weighted by atomic mass is 79.9. The van der Waals surface area contributed by atoms with E-state index in [1.54, 1.807) is 0 Å². The van der Waals surface area contributed by atoms with Crippen LogP contribution in [0.2, 0.25) is 0 Å². The monoisotopic (exact) mass is 269 g/mol. The van der Waals surface area contributed by atoms with Crippen LogP contribution in [0.3, 0.4) is 0 Å². The number of benzene rings is 1. The van der Waals surface area contributed by atoms with Crippen LogP contribution in [0.4, 0.5) is 18.9 Å². The van der Waals surface area contributed by atoms with Crippen LogP contribution < -0.4 is 10.5 Å². The zero-order valence-electron chi connectivity index (χ0n) is 7.15. The predicted molar refractivity (Wildman–Crippen MR) is 50.1 cm³/mol. The van der Waals surface area contributed by atoms with Crippen molar-refractivity contribution in [1.29, 1.82) is 0 Å². The Morgan fingerprint density at radius 3 is 2.36 bits per heavy atom. The maximum Gasteiger partial charge on any atom is 0.420 e. The van der Waals surface area contributed by atoms with Gasteiger partial charge in [0.15, 0.2) is 5.75 Å². The molecule has 14 heavy (non-hydrogen) atoms. The van der Waals surface area contributed by atoms with Crippen molar-refractivity contribution in [3.8, 4) is 5.75 Å². The van der Waals surface area contributed by atoms with E-state index in [1.165, 1.54) is 6.07 Å². The number of rotatable bonds is 1. The van der Waals surface area contributed by atoms with Crippen molar-refractivity contribution in [3.63, 3.8) is 0 Å². The number of alkyl halides is 3. The number of halogens is 4. The molecule has 1 aromatic carbocycles. The Morgan fingerprint density at radius 2 is 1.93 bits per heavy atom.